The predicted molar refractivity (Wildman–Crippen MR) is 66.6 cm³/mol. The summed E-state index contributed by atoms with van der Waals surface area (Å²) in [5, 5.41) is 3.96. The Morgan fingerprint density at radius 2 is 1.61 bits per heavy atom. The summed E-state index contributed by atoms with van der Waals surface area (Å²) >= 11 is 0. The van der Waals surface area contributed by atoms with Gasteiger partial charge < -0.3 is 8.83 Å². The van der Waals surface area contributed by atoms with Gasteiger partial charge in [-0.1, -0.05) is 0 Å². The van der Waals surface area contributed by atoms with Crippen LogP contribution in [0.15, 0.2) is 38.2 Å². The number of furan rings is 2. The molecule has 0 aliphatic heterocycles. The fourth-order valence-electron chi connectivity index (χ4n) is 1.43. The monoisotopic (exact) mass is 246 g/mol. The van der Waals surface area contributed by atoms with E-state index in [2.05, 4.69) is 10.5 Å². The standard InChI is InChI=1S/C13H14N2O3/c1-8-4-6-11(17-8)10(3)14-15-13(16)12-7-5-9(2)18-12/h4-7H,1-3H3,(H,15,16). The van der Waals surface area contributed by atoms with Crippen molar-refractivity contribution in [2.45, 2.75) is 20.8 Å². The number of hydrazone groups is 1. The van der Waals surface area contributed by atoms with E-state index in [9.17, 15) is 4.79 Å². The molecular weight excluding hydrogens is 232 g/mol. The van der Waals surface area contributed by atoms with Gasteiger partial charge in [-0.05, 0) is 45.0 Å². The zero-order chi connectivity index (χ0) is 13.1. The zero-order valence-corrected chi connectivity index (χ0v) is 10.5. The third kappa shape index (κ3) is 2.68. The highest BCUT2D eigenvalue weighted by atomic mass is 16.4. The Morgan fingerprint density at radius 1 is 1.06 bits per heavy atom. The number of rotatable bonds is 3. The topological polar surface area (TPSA) is 67.7 Å². The normalized spacial score (nSPS) is 11.6. The van der Waals surface area contributed by atoms with Crippen LogP contribution in [0.2, 0.25) is 0 Å². The number of amides is 1. The smallest absolute Gasteiger partial charge is 0.307 e. The number of nitrogens with one attached hydrogen (secondary N) is 1. The maximum absolute atomic E-state index is 11.7. The summed E-state index contributed by atoms with van der Waals surface area (Å²) in [6, 6.07) is 6.97. The van der Waals surface area contributed by atoms with E-state index < -0.39 is 0 Å². The Bertz CT molecular complexity index is 593. The fourth-order valence-corrected chi connectivity index (χ4v) is 1.43. The molecule has 0 bridgehead atoms. The average molecular weight is 246 g/mol. The van der Waals surface area contributed by atoms with E-state index in [1.807, 2.05) is 13.0 Å². The minimum Gasteiger partial charge on any atom is -0.460 e. The van der Waals surface area contributed by atoms with Gasteiger partial charge in [-0.2, -0.15) is 5.10 Å². The lowest BCUT2D eigenvalue weighted by molar-refractivity contribution is 0.0926. The summed E-state index contributed by atoms with van der Waals surface area (Å²) in [5.41, 5.74) is 3.01. The fraction of sp³-hybridized carbons (Fsp3) is 0.231. The van der Waals surface area contributed by atoms with Crippen LogP contribution in [0.5, 0.6) is 0 Å². The van der Waals surface area contributed by atoms with Crippen molar-refractivity contribution >= 4 is 11.6 Å². The molecule has 0 atom stereocenters. The lowest BCUT2D eigenvalue weighted by atomic mass is 10.3. The second kappa shape index (κ2) is 4.91. The van der Waals surface area contributed by atoms with Gasteiger partial charge in [0, 0.05) is 0 Å². The van der Waals surface area contributed by atoms with Gasteiger partial charge in [0.05, 0.1) is 0 Å². The number of nitrogens with zero attached hydrogens (tertiary/aromatic N) is 1. The van der Waals surface area contributed by atoms with Gasteiger partial charge in [0.25, 0.3) is 0 Å². The highest BCUT2D eigenvalue weighted by Crippen LogP contribution is 2.08. The van der Waals surface area contributed by atoms with Gasteiger partial charge in [0.2, 0.25) is 0 Å². The molecule has 0 aliphatic carbocycles. The average Bonchev–Trinajstić information content (AvgIpc) is 2.94. The Morgan fingerprint density at radius 3 is 2.11 bits per heavy atom. The number of hydrogen-bond donors (Lipinski definition) is 1. The van der Waals surface area contributed by atoms with E-state index in [0.29, 0.717) is 17.2 Å². The molecule has 0 unspecified atom stereocenters. The number of carbonyl (C=O) groups is 1. The van der Waals surface area contributed by atoms with Crippen molar-refractivity contribution in [3.8, 4) is 0 Å². The SMILES string of the molecule is CC(=NNC(=O)c1ccc(C)o1)c1ccc(C)o1. The molecule has 0 radical (unpaired) electrons. The second-order valence-corrected chi connectivity index (χ2v) is 3.96. The summed E-state index contributed by atoms with van der Waals surface area (Å²) in [5.74, 6) is 1.96. The van der Waals surface area contributed by atoms with Gasteiger partial charge in [0.1, 0.15) is 23.0 Å². The zero-order valence-electron chi connectivity index (χ0n) is 10.5. The first-order valence-corrected chi connectivity index (χ1v) is 5.54. The molecule has 0 aromatic carbocycles. The van der Waals surface area contributed by atoms with Crippen LogP contribution in [0.1, 0.15) is 34.8 Å². The molecule has 0 spiro atoms. The van der Waals surface area contributed by atoms with Crippen LogP contribution in [0, 0.1) is 13.8 Å². The highest BCUT2D eigenvalue weighted by Gasteiger charge is 2.09. The van der Waals surface area contributed by atoms with Crippen molar-refractivity contribution in [1.29, 1.82) is 0 Å². The Hall–Kier alpha value is -2.30. The van der Waals surface area contributed by atoms with Crippen molar-refractivity contribution in [3.63, 3.8) is 0 Å². The molecule has 5 heteroatoms. The summed E-state index contributed by atoms with van der Waals surface area (Å²) in [4.78, 5) is 11.7. The van der Waals surface area contributed by atoms with Crippen molar-refractivity contribution < 1.29 is 13.6 Å². The van der Waals surface area contributed by atoms with Gasteiger partial charge in [0.15, 0.2) is 5.76 Å². The van der Waals surface area contributed by atoms with E-state index in [4.69, 9.17) is 8.83 Å². The molecule has 18 heavy (non-hydrogen) atoms. The van der Waals surface area contributed by atoms with Gasteiger partial charge in [-0.25, -0.2) is 5.43 Å². The third-order valence-corrected chi connectivity index (χ3v) is 2.39. The maximum Gasteiger partial charge on any atom is 0.307 e. The van der Waals surface area contributed by atoms with Crippen molar-refractivity contribution in [2.75, 3.05) is 0 Å². The molecular formula is C13H14N2O3. The predicted octanol–water partition coefficient (Wildman–Crippen LogP) is 2.64. The summed E-state index contributed by atoms with van der Waals surface area (Å²) in [7, 11) is 0. The molecule has 0 aliphatic rings. The van der Waals surface area contributed by atoms with Crippen LogP contribution >= 0.6 is 0 Å². The number of carbonyl (C=O) groups excluding carboxylic acids is 1. The first kappa shape index (κ1) is 12.2. The van der Waals surface area contributed by atoms with Crippen LogP contribution < -0.4 is 5.43 Å². The Balaban J connectivity index is 2.04. The molecule has 94 valence electrons. The lowest BCUT2D eigenvalue weighted by Gasteiger charge is -1.98. The Kier molecular flexibility index (Phi) is 3.32. The van der Waals surface area contributed by atoms with E-state index in [-0.39, 0.29) is 11.7 Å². The molecule has 2 rings (SSSR count). The van der Waals surface area contributed by atoms with Gasteiger partial charge in [-0.3, -0.25) is 4.79 Å². The molecule has 1 amide bonds. The molecule has 2 aromatic rings. The van der Waals surface area contributed by atoms with E-state index >= 15 is 0 Å². The van der Waals surface area contributed by atoms with Crippen molar-refractivity contribution in [1.82, 2.24) is 5.43 Å². The van der Waals surface area contributed by atoms with E-state index in [1.165, 1.54) is 0 Å². The van der Waals surface area contributed by atoms with Crippen LogP contribution in [0.4, 0.5) is 0 Å². The summed E-state index contributed by atoms with van der Waals surface area (Å²) in [6.07, 6.45) is 0. The van der Waals surface area contributed by atoms with Crippen LogP contribution in [-0.2, 0) is 0 Å². The third-order valence-electron chi connectivity index (χ3n) is 2.39. The summed E-state index contributed by atoms with van der Waals surface area (Å²) < 4.78 is 10.6. The van der Waals surface area contributed by atoms with Crippen LogP contribution in [0.3, 0.4) is 0 Å². The first-order valence-electron chi connectivity index (χ1n) is 5.54. The van der Waals surface area contributed by atoms with E-state index in [1.54, 1.807) is 32.0 Å². The quantitative estimate of drug-likeness (QED) is 0.668. The summed E-state index contributed by atoms with van der Waals surface area (Å²) in [6.45, 7) is 5.38. The van der Waals surface area contributed by atoms with Crippen molar-refractivity contribution in [3.05, 3.63) is 47.3 Å². The van der Waals surface area contributed by atoms with Gasteiger partial charge in [-0.15, -0.1) is 0 Å². The molecule has 0 saturated carbocycles. The van der Waals surface area contributed by atoms with Crippen LogP contribution in [0.25, 0.3) is 0 Å². The van der Waals surface area contributed by atoms with Crippen molar-refractivity contribution in [2.24, 2.45) is 5.10 Å². The maximum atomic E-state index is 11.7. The molecule has 0 fully saturated rings. The molecule has 1 N–H and O–H groups in total. The number of hydrogen-bond acceptors (Lipinski definition) is 4. The lowest BCUT2D eigenvalue weighted by Crippen LogP contribution is -2.18. The second-order valence-electron chi connectivity index (χ2n) is 3.96. The number of aryl methyl sites for hydroxylation is 2. The molecule has 5 nitrogen and oxygen atoms in total. The molecule has 2 heterocycles. The van der Waals surface area contributed by atoms with Crippen LogP contribution in [-0.4, -0.2) is 11.6 Å². The molecule has 0 saturated heterocycles. The minimum atomic E-state index is -0.384. The highest BCUT2D eigenvalue weighted by molar-refractivity contribution is 5.98. The van der Waals surface area contributed by atoms with E-state index in [0.717, 1.165) is 5.76 Å². The van der Waals surface area contributed by atoms with Gasteiger partial charge >= 0.3 is 5.91 Å². The molecule has 2 aromatic heterocycles. The minimum absolute atomic E-state index is 0.236. The first-order chi connectivity index (χ1) is 8.56. The Labute approximate surface area is 104 Å². The largest absolute Gasteiger partial charge is 0.460 e.